The monoisotopic (exact) mass is 320 g/mol. The molecular weight excluding hydrogens is 300 g/mol. The van der Waals surface area contributed by atoms with Crippen molar-refractivity contribution < 1.29 is 9.84 Å². The number of fused-ring (bicyclic) bond motifs is 1. The van der Waals surface area contributed by atoms with Crippen molar-refractivity contribution >= 4 is 16.8 Å². The van der Waals surface area contributed by atoms with Gasteiger partial charge in [0, 0.05) is 36.6 Å². The van der Waals surface area contributed by atoms with E-state index < -0.39 is 0 Å². The van der Waals surface area contributed by atoms with Crippen LogP contribution in [0.4, 0.5) is 0 Å². The van der Waals surface area contributed by atoms with Crippen molar-refractivity contribution in [2.45, 2.75) is 0 Å². The van der Waals surface area contributed by atoms with E-state index in [2.05, 4.69) is 4.98 Å². The molecule has 2 aromatic carbocycles. The molecule has 0 saturated heterocycles. The van der Waals surface area contributed by atoms with Gasteiger partial charge in [-0.15, -0.1) is 0 Å². The molecule has 1 aromatic heterocycles. The van der Waals surface area contributed by atoms with Crippen LogP contribution in [0.3, 0.4) is 0 Å². The fourth-order valence-electron chi connectivity index (χ4n) is 2.65. The van der Waals surface area contributed by atoms with Gasteiger partial charge in [0.15, 0.2) is 0 Å². The molecule has 0 bridgehead atoms. The fraction of sp³-hybridized carbons (Fsp3) is 0.150. The highest BCUT2D eigenvalue weighted by atomic mass is 16.5. The van der Waals surface area contributed by atoms with Gasteiger partial charge in [-0.05, 0) is 35.5 Å². The number of phenolic OH excluding ortho intramolecular Hbond substituents is 1. The number of hydrogen-bond donors (Lipinski definition) is 1. The fourth-order valence-corrected chi connectivity index (χ4v) is 2.65. The smallest absolute Gasteiger partial charge is 0.221 e. The third-order valence-corrected chi connectivity index (χ3v) is 3.83. The Hall–Kier alpha value is -3.01. The normalized spacial score (nSPS) is 11.1. The topological polar surface area (TPSA) is 45.6 Å². The molecule has 0 atom stereocenters. The van der Waals surface area contributed by atoms with E-state index in [1.807, 2.05) is 61.6 Å². The highest BCUT2D eigenvalue weighted by molar-refractivity contribution is 6.02. The molecule has 0 aliphatic heterocycles. The van der Waals surface area contributed by atoms with Crippen LogP contribution in [0.2, 0.25) is 0 Å². The molecule has 0 spiro atoms. The Morgan fingerprint density at radius 3 is 2.50 bits per heavy atom. The summed E-state index contributed by atoms with van der Waals surface area (Å²) in [5, 5.41) is 11.9. The highest BCUT2D eigenvalue weighted by Gasteiger charge is 2.12. The van der Waals surface area contributed by atoms with Gasteiger partial charge in [0.05, 0.1) is 7.11 Å². The zero-order chi connectivity index (χ0) is 17.1. The minimum Gasteiger partial charge on any atom is -0.507 e. The Morgan fingerprint density at radius 2 is 1.83 bits per heavy atom. The first-order chi connectivity index (χ1) is 11.6. The third kappa shape index (κ3) is 3.04. The lowest BCUT2D eigenvalue weighted by Gasteiger charge is -2.11. The summed E-state index contributed by atoms with van der Waals surface area (Å²) in [7, 11) is 5.56. The van der Waals surface area contributed by atoms with Crippen molar-refractivity contribution in [3.63, 3.8) is 0 Å². The number of methoxy groups -OCH3 is 1. The van der Waals surface area contributed by atoms with Crippen LogP contribution in [0.1, 0.15) is 5.56 Å². The minimum absolute atomic E-state index is 0.222. The lowest BCUT2D eigenvalue weighted by Crippen LogP contribution is -1.99. The van der Waals surface area contributed by atoms with Crippen molar-refractivity contribution in [1.29, 1.82) is 0 Å². The summed E-state index contributed by atoms with van der Waals surface area (Å²) in [6.07, 6.45) is 5.79. The Kier molecular flexibility index (Phi) is 4.38. The zero-order valence-corrected chi connectivity index (χ0v) is 14.0. The molecule has 3 rings (SSSR count). The molecule has 0 amide bonds. The summed E-state index contributed by atoms with van der Waals surface area (Å²) < 4.78 is 5.31. The predicted octanol–water partition coefficient (Wildman–Crippen LogP) is 4.15. The maximum atomic E-state index is 10.3. The number of aromatic hydroxyl groups is 1. The van der Waals surface area contributed by atoms with Gasteiger partial charge < -0.3 is 14.7 Å². The summed E-state index contributed by atoms with van der Waals surface area (Å²) in [5.74, 6) is 0.731. The van der Waals surface area contributed by atoms with Gasteiger partial charge in [-0.3, -0.25) is 0 Å². The molecule has 4 nitrogen and oxygen atoms in total. The van der Waals surface area contributed by atoms with E-state index >= 15 is 0 Å². The van der Waals surface area contributed by atoms with Crippen LogP contribution < -0.4 is 4.74 Å². The predicted molar refractivity (Wildman–Crippen MR) is 98.1 cm³/mol. The van der Waals surface area contributed by atoms with Crippen LogP contribution in [-0.4, -0.2) is 36.2 Å². The first-order valence-electron chi connectivity index (χ1n) is 7.70. The molecule has 0 unspecified atom stereocenters. The number of rotatable bonds is 4. The number of ether oxygens (including phenoxy) is 1. The van der Waals surface area contributed by atoms with Gasteiger partial charge in [-0.1, -0.05) is 30.3 Å². The van der Waals surface area contributed by atoms with Crippen molar-refractivity contribution in [2.24, 2.45) is 0 Å². The van der Waals surface area contributed by atoms with E-state index in [0.717, 1.165) is 27.5 Å². The second-order valence-electron chi connectivity index (χ2n) is 5.78. The summed E-state index contributed by atoms with van der Waals surface area (Å²) in [4.78, 5) is 6.36. The summed E-state index contributed by atoms with van der Waals surface area (Å²) in [5.41, 5.74) is 2.99. The first kappa shape index (κ1) is 15.9. The van der Waals surface area contributed by atoms with E-state index in [9.17, 15) is 5.11 Å². The average Bonchev–Trinajstić information content (AvgIpc) is 2.60. The number of aromatic nitrogens is 1. The molecule has 0 aliphatic carbocycles. The Bertz CT molecular complexity index is 884. The van der Waals surface area contributed by atoms with Crippen LogP contribution in [0.5, 0.6) is 11.6 Å². The largest absolute Gasteiger partial charge is 0.507 e. The molecule has 1 heterocycles. The summed E-state index contributed by atoms with van der Waals surface area (Å²) in [6, 6.07) is 13.5. The lowest BCUT2D eigenvalue weighted by atomic mass is 9.99. The van der Waals surface area contributed by atoms with Crippen molar-refractivity contribution in [3.05, 3.63) is 60.4 Å². The van der Waals surface area contributed by atoms with Gasteiger partial charge in [0.1, 0.15) is 5.75 Å². The van der Waals surface area contributed by atoms with Gasteiger partial charge in [-0.2, -0.15) is 0 Å². The number of nitrogens with zero attached hydrogens (tertiary/aromatic N) is 2. The Morgan fingerprint density at radius 1 is 1.08 bits per heavy atom. The Balaban J connectivity index is 2.10. The van der Waals surface area contributed by atoms with Crippen molar-refractivity contribution in [1.82, 2.24) is 9.88 Å². The Labute approximate surface area is 141 Å². The van der Waals surface area contributed by atoms with Gasteiger partial charge in [0.2, 0.25) is 5.88 Å². The average molecular weight is 320 g/mol. The molecule has 0 aliphatic rings. The van der Waals surface area contributed by atoms with Crippen molar-refractivity contribution in [3.8, 4) is 22.8 Å². The SMILES string of the molecule is COc1ncc(-c2ccc(C=CN(C)C)cc2)c2c(O)cccc12. The summed E-state index contributed by atoms with van der Waals surface area (Å²) >= 11 is 0. The molecule has 0 radical (unpaired) electrons. The van der Waals surface area contributed by atoms with E-state index in [-0.39, 0.29) is 5.75 Å². The van der Waals surface area contributed by atoms with E-state index in [1.165, 1.54) is 0 Å². The van der Waals surface area contributed by atoms with Crippen LogP contribution in [-0.2, 0) is 0 Å². The second kappa shape index (κ2) is 6.62. The van der Waals surface area contributed by atoms with E-state index in [0.29, 0.717) is 5.88 Å². The molecule has 0 fully saturated rings. The molecule has 122 valence electrons. The minimum atomic E-state index is 0.222. The van der Waals surface area contributed by atoms with Crippen molar-refractivity contribution in [2.75, 3.05) is 21.2 Å². The number of phenols is 1. The summed E-state index contributed by atoms with van der Waals surface area (Å²) in [6.45, 7) is 0. The number of pyridine rings is 1. The molecule has 24 heavy (non-hydrogen) atoms. The van der Waals surface area contributed by atoms with Gasteiger partial charge in [0.25, 0.3) is 0 Å². The number of benzene rings is 2. The molecule has 3 aromatic rings. The van der Waals surface area contributed by atoms with Crippen LogP contribution >= 0.6 is 0 Å². The quantitative estimate of drug-likeness (QED) is 0.784. The maximum Gasteiger partial charge on any atom is 0.221 e. The van der Waals surface area contributed by atoms with E-state index in [4.69, 9.17) is 4.74 Å². The van der Waals surface area contributed by atoms with Crippen LogP contribution in [0, 0.1) is 0 Å². The third-order valence-electron chi connectivity index (χ3n) is 3.83. The highest BCUT2D eigenvalue weighted by Crippen LogP contribution is 2.37. The lowest BCUT2D eigenvalue weighted by molar-refractivity contribution is 0.403. The maximum absolute atomic E-state index is 10.3. The second-order valence-corrected chi connectivity index (χ2v) is 5.78. The van der Waals surface area contributed by atoms with Crippen LogP contribution in [0.25, 0.3) is 28.0 Å². The standard InChI is InChI=1S/C20H20N2O2/c1-22(2)12-11-14-7-9-15(10-8-14)17-13-21-20(24-3)16-5-4-6-18(23)19(16)17/h4-13,23H,1-3H3. The zero-order valence-electron chi connectivity index (χ0n) is 14.0. The van der Waals surface area contributed by atoms with E-state index in [1.54, 1.807) is 25.4 Å². The molecule has 4 heteroatoms. The van der Waals surface area contributed by atoms with Gasteiger partial charge >= 0.3 is 0 Å². The van der Waals surface area contributed by atoms with Gasteiger partial charge in [-0.25, -0.2) is 4.98 Å². The molecular formula is C20H20N2O2. The molecule has 1 N–H and O–H groups in total. The molecule has 0 saturated carbocycles. The van der Waals surface area contributed by atoms with Crippen LogP contribution in [0.15, 0.2) is 54.9 Å². The number of hydrogen-bond acceptors (Lipinski definition) is 4. The first-order valence-corrected chi connectivity index (χ1v) is 7.70.